The molecule has 170 valence electrons. The van der Waals surface area contributed by atoms with Crippen molar-refractivity contribution in [2.45, 2.75) is 45.3 Å². The summed E-state index contributed by atoms with van der Waals surface area (Å²) in [6.07, 6.45) is 3.84. The topological polar surface area (TPSA) is 47.0 Å². The lowest BCUT2D eigenvalue weighted by molar-refractivity contribution is 0.0493. The molecule has 5 nitrogen and oxygen atoms in total. The van der Waals surface area contributed by atoms with Crippen molar-refractivity contribution < 1.29 is 9.90 Å². The summed E-state index contributed by atoms with van der Waals surface area (Å²) in [5, 5.41) is 10.8. The first-order chi connectivity index (χ1) is 15.6. The zero-order chi connectivity index (χ0) is 22.1. The predicted molar refractivity (Wildman–Crippen MR) is 128 cm³/mol. The van der Waals surface area contributed by atoms with Crippen LogP contribution in [0.5, 0.6) is 0 Å². The molecule has 1 fully saturated rings. The Morgan fingerprint density at radius 1 is 0.938 bits per heavy atom. The highest BCUT2D eigenvalue weighted by Crippen LogP contribution is 2.28. The Labute approximate surface area is 191 Å². The van der Waals surface area contributed by atoms with Crippen LogP contribution >= 0.6 is 0 Å². The number of β-amino-alcohol motifs (C(OH)–C–C–N with tert-alkyl or cyclic N) is 1. The van der Waals surface area contributed by atoms with Crippen LogP contribution in [0.25, 0.3) is 0 Å². The summed E-state index contributed by atoms with van der Waals surface area (Å²) in [6, 6.07) is 14.9. The van der Waals surface area contributed by atoms with Gasteiger partial charge in [0.25, 0.3) is 5.91 Å². The molecule has 0 bridgehead atoms. The smallest absolute Gasteiger partial charge is 0.254 e. The second kappa shape index (κ2) is 9.24. The van der Waals surface area contributed by atoms with Crippen molar-refractivity contribution in [1.82, 2.24) is 9.80 Å². The minimum atomic E-state index is -0.527. The third-order valence-corrected chi connectivity index (χ3v) is 7.52. The number of rotatable bonds is 5. The van der Waals surface area contributed by atoms with Gasteiger partial charge in [-0.2, -0.15) is 0 Å². The molecule has 0 spiro atoms. The van der Waals surface area contributed by atoms with Gasteiger partial charge < -0.3 is 14.9 Å². The quantitative estimate of drug-likeness (QED) is 0.786. The Balaban J connectivity index is 1.18. The number of aliphatic hydroxyl groups excluding tert-OH is 1. The highest BCUT2D eigenvalue weighted by atomic mass is 16.3. The van der Waals surface area contributed by atoms with Crippen LogP contribution < -0.4 is 4.90 Å². The first-order valence-electron chi connectivity index (χ1n) is 12.2. The van der Waals surface area contributed by atoms with Gasteiger partial charge in [-0.1, -0.05) is 31.2 Å². The van der Waals surface area contributed by atoms with Crippen LogP contribution in [0, 0.1) is 5.92 Å². The van der Waals surface area contributed by atoms with E-state index in [-0.39, 0.29) is 5.91 Å². The van der Waals surface area contributed by atoms with Gasteiger partial charge in [0, 0.05) is 57.1 Å². The molecule has 5 rings (SSSR count). The van der Waals surface area contributed by atoms with E-state index in [1.165, 1.54) is 29.7 Å². The second-order valence-electron chi connectivity index (χ2n) is 9.92. The van der Waals surface area contributed by atoms with E-state index < -0.39 is 6.10 Å². The molecule has 0 saturated carbocycles. The fourth-order valence-electron chi connectivity index (χ4n) is 5.48. The van der Waals surface area contributed by atoms with E-state index in [0.717, 1.165) is 56.1 Å². The molecule has 1 saturated heterocycles. The largest absolute Gasteiger partial charge is 0.390 e. The molecular formula is C27H35N3O2. The summed E-state index contributed by atoms with van der Waals surface area (Å²) < 4.78 is 0. The molecule has 5 heteroatoms. The summed E-state index contributed by atoms with van der Waals surface area (Å²) in [7, 11) is 0. The molecule has 1 N–H and O–H groups in total. The molecule has 0 aromatic heterocycles. The maximum atomic E-state index is 13.1. The SMILES string of the molecule is CC1CCN(c2ccc3c(c2)CCN(CC(O)CN2CCc4ccccc4C2)C3=O)CC1. The van der Waals surface area contributed by atoms with Crippen LogP contribution in [0.3, 0.4) is 0 Å². The Bertz CT molecular complexity index is 967. The van der Waals surface area contributed by atoms with Gasteiger partial charge in [-0.25, -0.2) is 0 Å². The third kappa shape index (κ3) is 4.55. The zero-order valence-corrected chi connectivity index (χ0v) is 19.2. The van der Waals surface area contributed by atoms with Gasteiger partial charge in [-0.3, -0.25) is 9.69 Å². The monoisotopic (exact) mass is 433 g/mol. The van der Waals surface area contributed by atoms with E-state index in [0.29, 0.717) is 19.6 Å². The molecular weight excluding hydrogens is 398 g/mol. The lowest BCUT2D eigenvalue weighted by atomic mass is 9.95. The number of carbonyl (C=O) groups excluding carboxylic acids is 1. The van der Waals surface area contributed by atoms with Crippen LogP contribution in [0.4, 0.5) is 5.69 Å². The maximum Gasteiger partial charge on any atom is 0.254 e. The number of hydrogen-bond donors (Lipinski definition) is 1. The summed E-state index contributed by atoms with van der Waals surface area (Å²) >= 11 is 0. The van der Waals surface area contributed by atoms with E-state index in [2.05, 4.69) is 53.1 Å². The minimum Gasteiger partial charge on any atom is -0.390 e. The predicted octanol–water partition coefficient (Wildman–Crippen LogP) is 3.34. The first-order valence-corrected chi connectivity index (χ1v) is 12.2. The Hall–Kier alpha value is -2.37. The zero-order valence-electron chi connectivity index (χ0n) is 19.2. The lowest BCUT2D eigenvalue weighted by Crippen LogP contribution is -2.46. The number of nitrogens with zero attached hydrogens (tertiary/aromatic N) is 3. The maximum absolute atomic E-state index is 13.1. The van der Waals surface area contributed by atoms with Gasteiger partial charge in [0.05, 0.1) is 6.10 Å². The Kier molecular flexibility index (Phi) is 6.20. The highest BCUT2D eigenvalue weighted by Gasteiger charge is 2.28. The number of anilines is 1. The van der Waals surface area contributed by atoms with Crippen LogP contribution in [-0.2, 0) is 19.4 Å². The molecule has 1 atom stereocenters. The Morgan fingerprint density at radius 2 is 1.69 bits per heavy atom. The molecule has 3 aliphatic heterocycles. The summed E-state index contributed by atoms with van der Waals surface area (Å²) in [5.41, 5.74) is 5.99. The van der Waals surface area contributed by atoms with Crippen molar-refractivity contribution in [1.29, 1.82) is 0 Å². The molecule has 3 heterocycles. The fourth-order valence-corrected chi connectivity index (χ4v) is 5.48. The van der Waals surface area contributed by atoms with Crippen LogP contribution in [0.15, 0.2) is 42.5 Å². The molecule has 3 aliphatic rings. The molecule has 2 aromatic rings. The number of hydrogen-bond acceptors (Lipinski definition) is 4. The first kappa shape index (κ1) is 21.5. The number of carbonyl (C=O) groups is 1. The van der Waals surface area contributed by atoms with Crippen LogP contribution in [0.1, 0.15) is 46.8 Å². The van der Waals surface area contributed by atoms with E-state index in [4.69, 9.17) is 0 Å². The van der Waals surface area contributed by atoms with E-state index in [1.54, 1.807) is 0 Å². The normalized spacial score (nSPS) is 20.8. The number of fused-ring (bicyclic) bond motifs is 2. The minimum absolute atomic E-state index is 0.0631. The van der Waals surface area contributed by atoms with Crippen molar-refractivity contribution >= 4 is 11.6 Å². The second-order valence-corrected chi connectivity index (χ2v) is 9.92. The van der Waals surface area contributed by atoms with Gasteiger partial charge in [0.15, 0.2) is 0 Å². The van der Waals surface area contributed by atoms with E-state index in [1.807, 2.05) is 11.0 Å². The fraction of sp³-hybridized carbons (Fsp3) is 0.519. The van der Waals surface area contributed by atoms with Crippen molar-refractivity contribution in [3.63, 3.8) is 0 Å². The van der Waals surface area contributed by atoms with Crippen molar-refractivity contribution in [3.8, 4) is 0 Å². The van der Waals surface area contributed by atoms with Crippen LogP contribution in [-0.4, -0.2) is 66.2 Å². The van der Waals surface area contributed by atoms with Crippen molar-refractivity contribution in [2.24, 2.45) is 5.92 Å². The average molecular weight is 434 g/mol. The molecule has 32 heavy (non-hydrogen) atoms. The highest BCUT2D eigenvalue weighted by molar-refractivity contribution is 5.97. The number of benzene rings is 2. The summed E-state index contributed by atoms with van der Waals surface area (Å²) in [6.45, 7) is 8.08. The molecule has 2 aromatic carbocycles. The van der Waals surface area contributed by atoms with Gasteiger partial charge in [0.2, 0.25) is 0 Å². The van der Waals surface area contributed by atoms with Crippen molar-refractivity contribution in [2.75, 3.05) is 44.2 Å². The van der Waals surface area contributed by atoms with Crippen molar-refractivity contribution in [3.05, 3.63) is 64.7 Å². The van der Waals surface area contributed by atoms with Gasteiger partial charge in [-0.15, -0.1) is 0 Å². The van der Waals surface area contributed by atoms with Crippen LogP contribution in [0.2, 0.25) is 0 Å². The molecule has 1 amide bonds. The number of aliphatic hydroxyl groups is 1. The molecule has 0 aliphatic carbocycles. The number of amides is 1. The van der Waals surface area contributed by atoms with Gasteiger partial charge in [0.1, 0.15) is 0 Å². The summed E-state index contributed by atoms with van der Waals surface area (Å²) in [4.78, 5) is 19.7. The lowest BCUT2D eigenvalue weighted by Gasteiger charge is -2.35. The third-order valence-electron chi connectivity index (χ3n) is 7.52. The van der Waals surface area contributed by atoms with Gasteiger partial charge >= 0.3 is 0 Å². The van der Waals surface area contributed by atoms with E-state index >= 15 is 0 Å². The standard InChI is InChI=1S/C27H35N3O2/c1-20-8-13-29(14-9-20)24-6-7-26-22(16-24)11-15-30(27(26)32)19-25(31)18-28-12-10-21-4-2-3-5-23(21)17-28/h2-7,16,20,25,31H,8-15,17-19H2,1H3. The molecule has 0 radical (unpaired) electrons. The summed E-state index contributed by atoms with van der Waals surface area (Å²) in [5.74, 6) is 0.873. The Morgan fingerprint density at radius 3 is 2.50 bits per heavy atom. The van der Waals surface area contributed by atoms with E-state index in [9.17, 15) is 9.90 Å². The number of piperidine rings is 1. The average Bonchev–Trinajstić information content (AvgIpc) is 2.81. The van der Waals surface area contributed by atoms with Gasteiger partial charge in [-0.05, 0) is 66.5 Å². The molecule has 1 unspecified atom stereocenters.